The second-order valence-corrected chi connectivity index (χ2v) is 27.9. The van der Waals surface area contributed by atoms with Gasteiger partial charge in [0.2, 0.25) is 5.24 Å². The molecular weight excluding hydrogens is 1380 g/mol. The Kier molecular flexibility index (Phi) is 23.5. The van der Waals surface area contributed by atoms with Crippen molar-refractivity contribution in [3.63, 3.8) is 0 Å². The van der Waals surface area contributed by atoms with E-state index < -0.39 is 17.3 Å². The van der Waals surface area contributed by atoms with Gasteiger partial charge < -0.3 is 33.4 Å². The first-order chi connectivity index (χ1) is 51.7. The minimum Gasteiger partial charge on any atom is -0.508 e. The van der Waals surface area contributed by atoms with Crippen molar-refractivity contribution in [1.29, 1.82) is 0 Å². The van der Waals surface area contributed by atoms with E-state index in [1.54, 1.807) is 37.5 Å². The number of nitrogens with zero attached hydrogens (tertiary/aromatic N) is 11. The van der Waals surface area contributed by atoms with Gasteiger partial charge in [-0.05, 0) is 185 Å². The van der Waals surface area contributed by atoms with Gasteiger partial charge in [0, 0.05) is 97.8 Å². The van der Waals surface area contributed by atoms with Gasteiger partial charge in [-0.3, -0.25) is 14.4 Å². The standard InChI is InChI=1S/C31H32N4O3.C28H28N4O2.C23H24N4O4.C3H5ClO/c1-6-29(36)35-31(37)34(24-12-13-27-23(17-24)14-15-33(27)5)30(32-35)26-18-25(20(2)3)21(4)16-28(26)38-19-22-10-8-7-9-11-22;1-18(2)23-16-24(26(14-19(23)3)34-17-20-8-6-5-7-9-20)27-29-30-28(33)32(27)22-10-11-25-21(15-22)12-13-31(25)4;1-5-21(30)27-23(31)26(15-6-7-18-14(10-15)8-9-25(18)4)22(24-27)17-11-16(13(2)3)19(28)12-20(17)29;1-2-3(4)5/h7-18,20H,6,19H2,1-5H3;5-16,18H,17H2,1-4H3,(H,30,33);6-13,28-29H,5H2,1-4H3;2H2,1H3. The molecule has 14 rings (SSSR count). The Morgan fingerprint density at radius 3 is 1.20 bits per heavy atom. The van der Waals surface area contributed by atoms with E-state index in [2.05, 4.69) is 78.6 Å². The number of fused-ring (bicyclic) bond motifs is 3. The third-order valence-corrected chi connectivity index (χ3v) is 19.2. The molecule has 14 aromatic rings. The fourth-order valence-electron chi connectivity index (χ4n) is 13.0. The van der Waals surface area contributed by atoms with Crippen LogP contribution in [0.25, 0.3) is 83.9 Å². The first-order valence-electron chi connectivity index (χ1n) is 35.9. The summed E-state index contributed by atoms with van der Waals surface area (Å²) in [5, 5.41) is 39.4. The van der Waals surface area contributed by atoms with Gasteiger partial charge in [0.05, 0.1) is 33.8 Å². The number of phenolic OH excluding ortho intramolecular Hbond substituents is 2. The number of aromatic nitrogens is 12. The second-order valence-electron chi connectivity index (χ2n) is 27.5. The van der Waals surface area contributed by atoms with Crippen molar-refractivity contribution < 1.29 is 34.1 Å². The molecule has 0 unspecified atom stereocenters. The van der Waals surface area contributed by atoms with Crippen molar-refractivity contribution in [3.8, 4) is 74.2 Å². The summed E-state index contributed by atoms with van der Waals surface area (Å²) in [5.41, 5.74) is 12.6. The van der Waals surface area contributed by atoms with E-state index in [0.717, 1.165) is 81.1 Å². The molecule has 8 aromatic carbocycles. The predicted molar refractivity (Wildman–Crippen MR) is 425 cm³/mol. The van der Waals surface area contributed by atoms with Gasteiger partial charge in [-0.2, -0.15) is 5.10 Å². The summed E-state index contributed by atoms with van der Waals surface area (Å²) >= 11 is 4.82. The van der Waals surface area contributed by atoms with Gasteiger partial charge >= 0.3 is 17.1 Å². The molecule has 0 amide bonds. The van der Waals surface area contributed by atoms with Crippen molar-refractivity contribution in [2.24, 2.45) is 21.1 Å². The zero-order chi connectivity index (χ0) is 77.5. The smallest absolute Gasteiger partial charge is 0.358 e. The molecule has 0 aliphatic rings. The van der Waals surface area contributed by atoms with Crippen molar-refractivity contribution >= 4 is 61.4 Å². The highest BCUT2D eigenvalue weighted by Gasteiger charge is 2.28. The minimum atomic E-state index is -0.615. The summed E-state index contributed by atoms with van der Waals surface area (Å²) in [4.78, 5) is 74.5. The molecule has 6 aromatic heterocycles. The molecule has 0 aliphatic heterocycles. The number of aromatic amines is 1. The highest BCUT2D eigenvalue weighted by atomic mass is 35.5. The van der Waals surface area contributed by atoms with Crippen LogP contribution in [0.5, 0.6) is 23.0 Å². The average Bonchev–Trinajstić information content (AvgIpc) is 1.57. The lowest BCUT2D eigenvalue weighted by atomic mass is 9.95. The fourth-order valence-corrected chi connectivity index (χ4v) is 13.0. The number of nitrogens with one attached hydrogen (secondary N) is 1. The van der Waals surface area contributed by atoms with Crippen LogP contribution in [-0.2, 0) is 39.2 Å². The van der Waals surface area contributed by atoms with Crippen LogP contribution in [0.3, 0.4) is 0 Å². The molecule has 23 heteroatoms. The van der Waals surface area contributed by atoms with Crippen molar-refractivity contribution in [2.75, 3.05) is 0 Å². The molecule has 108 heavy (non-hydrogen) atoms. The van der Waals surface area contributed by atoms with Gasteiger partial charge in [0.25, 0.3) is 11.8 Å². The lowest BCUT2D eigenvalue weighted by Crippen LogP contribution is -2.28. The van der Waals surface area contributed by atoms with E-state index >= 15 is 0 Å². The molecule has 0 atom stereocenters. The Labute approximate surface area is 629 Å². The van der Waals surface area contributed by atoms with Crippen LogP contribution in [0.1, 0.15) is 148 Å². The number of halogens is 1. The maximum absolute atomic E-state index is 13.7. The number of phenols is 2. The fraction of sp³-hybridized carbons (Fsp3) is 0.259. The molecule has 6 heterocycles. The van der Waals surface area contributed by atoms with Crippen LogP contribution in [0.4, 0.5) is 0 Å². The molecule has 0 radical (unpaired) electrons. The monoisotopic (exact) mass is 1470 g/mol. The number of benzene rings is 8. The van der Waals surface area contributed by atoms with Crippen molar-refractivity contribution in [2.45, 2.75) is 126 Å². The summed E-state index contributed by atoms with van der Waals surface area (Å²) in [6.07, 6.45) is 6.61. The predicted octanol–water partition coefficient (Wildman–Crippen LogP) is 16.9. The number of ether oxygens (including phenoxy) is 2. The normalized spacial score (nSPS) is 11.3. The quantitative estimate of drug-likeness (QED) is 0.0676. The number of rotatable bonds is 18. The van der Waals surface area contributed by atoms with Gasteiger partial charge in [-0.1, -0.05) is 123 Å². The lowest BCUT2D eigenvalue weighted by molar-refractivity contribution is -0.111. The number of aryl methyl sites for hydroxylation is 5. The second kappa shape index (κ2) is 33.0. The molecule has 0 bridgehead atoms. The molecule has 556 valence electrons. The highest BCUT2D eigenvalue weighted by molar-refractivity contribution is 6.63. The Balaban J connectivity index is 0.000000157. The topological polar surface area (TPSA) is 255 Å². The lowest BCUT2D eigenvalue weighted by Gasteiger charge is -2.18. The van der Waals surface area contributed by atoms with Crippen molar-refractivity contribution in [1.82, 2.24) is 57.2 Å². The molecule has 0 saturated carbocycles. The maximum Gasteiger partial charge on any atom is 0.358 e. The number of aromatic hydroxyl groups is 2. The molecule has 22 nitrogen and oxygen atoms in total. The SMILES string of the molecule is CCC(=O)Cl.CCC(=O)n1nc(-c2cc(C(C)C)c(C)cc2OCc2ccccc2)n(-c2ccc3c(ccn3C)c2)c1=O.CCC(=O)n1nc(-c2cc(C(C)C)c(O)cc2O)n(-c2ccc3c(ccn3C)c2)c1=O.Cc1cc(OCc2ccccc2)c(-c2n[nH]c(=O)n2-c2ccc3c(ccn3C)c2)cc1C(C)C. The zero-order valence-electron chi connectivity index (χ0n) is 63.1. The summed E-state index contributed by atoms with van der Waals surface area (Å²) in [6.45, 7) is 22.4. The zero-order valence-corrected chi connectivity index (χ0v) is 63.9. The van der Waals surface area contributed by atoms with Crippen LogP contribution >= 0.6 is 11.6 Å². The number of carbonyl (C=O) groups excluding carboxylic acids is 3. The van der Waals surface area contributed by atoms with Crippen LogP contribution < -0.4 is 26.5 Å². The third kappa shape index (κ3) is 16.2. The van der Waals surface area contributed by atoms with E-state index in [4.69, 9.17) is 21.1 Å². The van der Waals surface area contributed by atoms with Crippen LogP contribution in [0.2, 0.25) is 0 Å². The van der Waals surface area contributed by atoms with E-state index in [1.807, 2.05) is 202 Å². The molecule has 0 spiro atoms. The summed E-state index contributed by atoms with van der Waals surface area (Å²) in [6, 6.07) is 54.3. The molecule has 0 aliphatic carbocycles. The van der Waals surface area contributed by atoms with Crippen molar-refractivity contribution in [3.05, 3.63) is 259 Å². The number of hydrogen-bond donors (Lipinski definition) is 3. The molecule has 0 fully saturated rings. The molecule has 3 N–H and O–H groups in total. The Morgan fingerprint density at radius 1 is 0.454 bits per heavy atom. The van der Waals surface area contributed by atoms with E-state index in [-0.39, 0.29) is 64.4 Å². The van der Waals surface area contributed by atoms with Crippen LogP contribution in [0.15, 0.2) is 203 Å². The van der Waals surface area contributed by atoms with Gasteiger partial charge in [0.15, 0.2) is 17.5 Å². The minimum absolute atomic E-state index is 0.0282. The molecular formula is C85H89ClN12O10. The number of H-pyrrole nitrogens is 1. The Bertz CT molecular complexity index is 5840. The third-order valence-electron chi connectivity index (χ3n) is 18.9. The summed E-state index contributed by atoms with van der Waals surface area (Å²) < 4.78 is 24.9. The van der Waals surface area contributed by atoms with E-state index in [1.165, 1.54) is 20.8 Å². The van der Waals surface area contributed by atoms with E-state index in [0.29, 0.717) is 71.2 Å². The van der Waals surface area contributed by atoms with Crippen LogP contribution in [0, 0.1) is 13.8 Å². The molecule has 0 saturated heterocycles. The largest absolute Gasteiger partial charge is 0.508 e. The van der Waals surface area contributed by atoms with Gasteiger partial charge in [-0.15, -0.1) is 19.6 Å². The highest BCUT2D eigenvalue weighted by Crippen LogP contribution is 2.40. The van der Waals surface area contributed by atoms with Crippen LogP contribution in [-0.4, -0.2) is 84.4 Å². The van der Waals surface area contributed by atoms with Gasteiger partial charge in [-0.25, -0.2) is 33.2 Å². The maximum atomic E-state index is 13.7. The number of carbonyl (C=O) groups is 3. The first-order valence-corrected chi connectivity index (χ1v) is 36.3. The summed E-state index contributed by atoms with van der Waals surface area (Å²) in [7, 11) is 5.92. The first kappa shape index (κ1) is 76.8. The summed E-state index contributed by atoms with van der Waals surface area (Å²) in [5.74, 6) is 1.80. The van der Waals surface area contributed by atoms with Gasteiger partial charge in [0.1, 0.15) is 36.2 Å². The Hall–Kier alpha value is -12.3. The van der Waals surface area contributed by atoms with E-state index in [9.17, 15) is 39.0 Å². The average molecular weight is 1470 g/mol. The Morgan fingerprint density at radius 2 is 0.824 bits per heavy atom. The number of hydrogen-bond acceptors (Lipinski definition) is 13.